The molecule has 0 heterocycles. The molecule has 21 heavy (non-hydrogen) atoms. The van der Waals surface area contributed by atoms with Gasteiger partial charge in [-0.15, -0.1) is 0 Å². The Hall–Kier alpha value is -2.43. The molecule has 0 aliphatic heterocycles. The standard InChI is InChI=1S/C16H15F2NO2/c1-10-7-12(4-6-14(10)17)19-9-11-3-5-13(15(18)8-11)16(20)21-2/h3-8,19H,9H2,1-2H3. The van der Waals surface area contributed by atoms with E-state index in [9.17, 15) is 13.6 Å². The van der Waals surface area contributed by atoms with E-state index in [1.807, 2.05) is 0 Å². The largest absolute Gasteiger partial charge is 0.465 e. The quantitative estimate of drug-likeness (QED) is 0.873. The maximum atomic E-state index is 13.8. The van der Waals surface area contributed by atoms with E-state index >= 15 is 0 Å². The maximum Gasteiger partial charge on any atom is 0.340 e. The minimum absolute atomic E-state index is 0.0983. The van der Waals surface area contributed by atoms with Crippen LogP contribution in [0.3, 0.4) is 0 Å². The highest BCUT2D eigenvalue weighted by Crippen LogP contribution is 2.16. The maximum absolute atomic E-state index is 13.8. The van der Waals surface area contributed by atoms with Crippen molar-refractivity contribution in [3.63, 3.8) is 0 Å². The first-order valence-corrected chi connectivity index (χ1v) is 6.38. The van der Waals surface area contributed by atoms with E-state index in [1.165, 1.54) is 25.3 Å². The topological polar surface area (TPSA) is 38.3 Å². The van der Waals surface area contributed by atoms with Crippen molar-refractivity contribution in [2.45, 2.75) is 13.5 Å². The molecule has 1 N–H and O–H groups in total. The van der Waals surface area contributed by atoms with E-state index in [2.05, 4.69) is 10.1 Å². The van der Waals surface area contributed by atoms with Crippen LogP contribution in [0.25, 0.3) is 0 Å². The summed E-state index contributed by atoms with van der Waals surface area (Å²) >= 11 is 0. The molecule has 2 rings (SSSR count). The molecule has 110 valence electrons. The first-order chi connectivity index (χ1) is 10.0. The molecule has 5 heteroatoms. The summed E-state index contributed by atoms with van der Waals surface area (Å²) in [6.07, 6.45) is 0. The molecule has 0 aliphatic rings. The average Bonchev–Trinajstić information content (AvgIpc) is 2.48. The molecule has 0 amide bonds. The Morgan fingerprint density at radius 1 is 1.14 bits per heavy atom. The number of carbonyl (C=O) groups excluding carboxylic acids is 1. The molecule has 0 unspecified atom stereocenters. The van der Waals surface area contributed by atoms with Crippen molar-refractivity contribution in [2.75, 3.05) is 12.4 Å². The molecule has 2 aromatic carbocycles. The van der Waals surface area contributed by atoms with E-state index in [-0.39, 0.29) is 11.4 Å². The fourth-order valence-electron chi connectivity index (χ4n) is 1.90. The minimum atomic E-state index is -0.707. The number of ether oxygens (including phenoxy) is 1. The third kappa shape index (κ3) is 3.56. The summed E-state index contributed by atoms with van der Waals surface area (Å²) in [5.74, 6) is -1.60. The molecule has 3 nitrogen and oxygen atoms in total. The number of carbonyl (C=O) groups is 1. The van der Waals surface area contributed by atoms with Gasteiger partial charge in [-0.3, -0.25) is 0 Å². The van der Waals surface area contributed by atoms with Crippen LogP contribution >= 0.6 is 0 Å². The van der Waals surface area contributed by atoms with E-state index in [1.54, 1.807) is 25.1 Å². The SMILES string of the molecule is COC(=O)c1ccc(CNc2ccc(F)c(C)c2)cc1F. The molecule has 0 spiro atoms. The van der Waals surface area contributed by atoms with Gasteiger partial charge in [0.2, 0.25) is 0 Å². The van der Waals surface area contributed by atoms with Crippen LogP contribution in [0.2, 0.25) is 0 Å². The zero-order valence-electron chi connectivity index (χ0n) is 11.7. The molecule has 0 aromatic heterocycles. The zero-order chi connectivity index (χ0) is 15.4. The van der Waals surface area contributed by atoms with Gasteiger partial charge in [0.15, 0.2) is 0 Å². The van der Waals surface area contributed by atoms with E-state index in [0.29, 0.717) is 17.7 Å². The third-order valence-corrected chi connectivity index (χ3v) is 3.09. The summed E-state index contributed by atoms with van der Waals surface area (Å²) in [7, 11) is 1.20. The van der Waals surface area contributed by atoms with Crippen LogP contribution in [0, 0.1) is 18.6 Å². The summed E-state index contributed by atoms with van der Waals surface area (Å²) < 4.78 is 31.4. The van der Waals surface area contributed by atoms with Gasteiger partial charge >= 0.3 is 5.97 Å². The molecule has 0 bridgehead atoms. The monoisotopic (exact) mass is 291 g/mol. The number of esters is 1. The molecule has 0 saturated carbocycles. The number of methoxy groups -OCH3 is 1. The normalized spacial score (nSPS) is 10.3. The highest BCUT2D eigenvalue weighted by molar-refractivity contribution is 5.89. The highest BCUT2D eigenvalue weighted by Gasteiger charge is 2.12. The van der Waals surface area contributed by atoms with Crippen LogP contribution in [0.5, 0.6) is 0 Å². The second-order valence-electron chi connectivity index (χ2n) is 4.62. The van der Waals surface area contributed by atoms with Crippen molar-refractivity contribution in [2.24, 2.45) is 0 Å². The number of halogens is 2. The Labute approximate surface area is 121 Å². The second kappa shape index (κ2) is 6.35. The van der Waals surface area contributed by atoms with Crippen LogP contribution in [0.1, 0.15) is 21.5 Å². The first-order valence-electron chi connectivity index (χ1n) is 6.38. The van der Waals surface area contributed by atoms with Gasteiger partial charge in [0.1, 0.15) is 11.6 Å². The number of rotatable bonds is 4. The van der Waals surface area contributed by atoms with Crippen LogP contribution in [0.15, 0.2) is 36.4 Å². The van der Waals surface area contributed by atoms with Crippen molar-refractivity contribution in [3.8, 4) is 0 Å². The van der Waals surface area contributed by atoms with Gasteiger partial charge in [-0.2, -0.15) is 0 Å². The number of nitrogens with one attached hydrogen (secondary N) is 1. The molecule has 2 aromatic rings. The third-order valence-electron chi connectivity index (χ3n) is 3.09. The lowest BCUT2D eigenvalue weighted by Crippen LogP contribution is -2.06. The average molecular weight is 291 g/mol. The van der Waals surface area contributed by atoms with Crippen LogP contribution < -0.4 is 5.32 Å². The second-order valence-corrected chi connectivity index (χ2v) is 4.62. The summed E-state index contributed by atoms with van der Waals surface area (Å²) in [6.45, 7) is 2.04. The Kier molecular flexibility index (Phi) is 4.52. The molecular formula is C16H15F2NO2. The van der Waals surface area contributed by atoms with Gasteiger partial charge in [-0.05, 0) is 48.4 Å². The Morgan fingerprint density at radius 3 is 2.52 bits per heavy atom. The summed E-state index contributed by atoms with van der Waals surface area (Å²) in [5, 5.41) is 3.07. The Bertz CT molecular complexity index is 671. The number of benzene rings is 2. The van der Waals surface area contributed by atoms with Gasteiger partial charge < -0.3 is 10.1 Å². The predicted molar refractivity (Wildman–Crippen MR) is 76.2 cm³/mol. The number of hydrogen-bond donors (Lipinski definition) is 1. The van der Waals surface area contributed by atoms with E-state index < -0.39 is 11.8 Å². The lowest BCUT2D eigenvalue weighted by Gasteiger charge is -2.09. The molecular weight excluding hydrogens is 276 g/mol. The van der Waals surface area contributed by atoms with Gasteiger partial charge in [0.05, 0.1) is 12.7 Å². The van der Waals surface area contributed by atoms with Crippen molar-refractivity contribution in [1.29, 1.82) is 0 Å². The van der Waals surface area contributed by atoms with E-state index in [0.717, 1.165) is 5.69 Å². The van der Waals surface area contributed by atoms with Gasteiger partial charge in [0.25, 0.3) is 0 Å². The number of hydrogen-bond acceptors (Lipinski definition) is 3. The minimum Gasteiger partial charge on any atom is -0.465 e. The van der Waals surface area contributed by atoms with Gasteiger partial charge in [-0.25, -0.2) is 13.6 Å². The molecule has 0 atom stereocenters. The Balaban J connectivity index is 2.08. The zero-order valence-corrected chi connectivity index (χ0v) is 11.7. The Morgan fingerprint density at radius 2 is 1.90 bits per heavy atom. The van der Waals surface area contributed by atoms with Crippen molar-refractivity contribution >= 4 is 11.7 Å². The molecule has 0 fully saturated rings. The molecule has 0 aliphatic carbocycles. The van der Waals surface area contributed by atoms with Crippen molar-refractivity contribution in [1.82, 2.24) is 0 Å². The summed E-state index contributed by atoms with van der Waals surface area (Å²) in [5.41, 5.74) is 1.85. The fourth-order valence-corrected chi connectivity index (χ4v) is 1.90. The molecule has 0 radical (unpaired) electrons. The number of aryl methyl sites for hydroxylation is 1. The fraction of sp³-hybridized carbons (Fsp3) is 0.188. The highest BCUT2D eigenvalue weighted by atomic mass is 19.1. The van der Waals surface area contributed by atoms with E-state index in [4.69, 9.17) is 0 Å². The lowest BCUT2D eigenvalue weighted by atomic mass is 10.1. The number of anilines is 1. The van der Waals surface area contributed by atoms with Crippen LogP contribution in [-0.4, -0.2) is 13.1 Å². The summed E-state index contributed by atoms with van der Waals surface area (Å²) in [4.78, 5) is 11.3. The predicted octanol–water partition coefficient (Wildman–Crippen LogP) is 3.67. The van der Waals surface area contributed by atoms with Crippen molar-refractivity contribution < 1.29 is 18.3 Å². The van der Waals surface area contributed by atoms with Gasteiger partial charge in [0, 0.05) is 12.2 Å². The van der Waals surface area contributed by atoms with Gasteiger partial charge in [-0.1, -0.05) is 6.07 Å². The van der Waals surface area contributed by atoms with Crippen LogP contribution in [0.4, 0.5) is 14.5 Å². The van der Waals surface area contributed by atoms with Crippen LogP contribution in [-0.2, 0) is 11.3 Å². The first kappa shape index (κ1) is 15.0. The lowest BCUT2D eigenvalue weighted by molar-refractivity contribution is 0.0595. The molecule has 0 saturated heterocycles. The summed E-state index contributed by atoms with van der Waals surface area (Å²) in [6, 6.07) is 8.96. The van der Waals surface area contributed by atoms with Crippen molar-refractivity contribution in [3.05, 3.63) is 64.7 Å². The smallest absolute Gasteiger partial charge is 0.340 e.